The molecule has 0 unspecified atom stereocenters. The first-order chi connectivity index (χ1) is 9.36. The molecule has 1 aromatic carbocycles. The number of carbonyl (C=O) groups is 1. The first-order valence-electron chi connectivity index (χ1n) is 6.17. The number of rotatable bonds is 3. The van der Waals surface area contributed by atoms with Crippen molar-refractivity contribution in [1.82, 2.24) is 10.6 Å². The Kier molecular flexibility index (Phi) is 4.27. The fourth-order valence-corrected chi connectivity index (χ4v) is 2.02. The molecule has 0 saturated carbocycles. The van der Waals surface area contributed by atoms with Crippen molar-refractivity contribution in [1.29, 1.82) is 0 Å². The molecule has 0 aliphatic carbocycles. The van der Waals surface area contributed by atoms with E-state index in [1.165, 1.54) is 12.1 Å². The minimum absolute atomic E-state index is 0.117. The van der Waals surface area contributed by atoms with Gasteiger partial charge in [0, 0.05) is 19.5 Å². The molecule has 110 valence electrons. The van der Waals surface area contributed by atoms with Crippen LogP contribution in [0.3, 0.4) is 0 Å². The topological polar surface area (TPSA) is 41.1 Å². The van der Waals surface area contributed by atoms with Crippen molar-refractivity contribution in [3.05, 3.63) is 35.4 Å². The van der Waals surface area contributed by atoms with Crippen LogP contribution in [-0.4, -0.2) is 24.7 Å². The minimum atomic E-state index is -4.37. The van der Waals surface area contributed by atoms with Crippen LogP contribution in [0.25, 0.3) is 0 Å². The van der Waals surface area contributed by atoms with Crippen molar-refractivity contribution in [2.45, 2.75) is 31.4 Å². The van der Waals surface area contributed by atoms with Gasteiger partial charge in [-0.2, -0.15) is 13.2 Å². The molecule has 1 amide bonds. The minimum Gasteiger partial charge on any atom is -0.351 e. The first kappa shape index (κ1) is 14.8. The molecule has 0 aromatic heterocycles. The van der Waals surface area contributed by atoms with E-state index in [2.05, 4.69) is 10.6 Å². The molecule has 1 aromatic rings. The second-order valence-corrected chi connectivity index (χ2v) is 4.71. The third kappa shape index (κ3) is 3.69. The summed E-state index contributed by atoms with van der Waals surface area (Å²) >= 11 is 0. The summed E-state index contributed by atoms with van der Waals surface area (Å²) in [5, 5.41) is 5.31. The number of alkyl halides is 4. The number of halogens is 4. The van der Waals surface area contributed by atoms with Crippen molar-refractivity contribution in [3.8, 4) is 0 Å². The van der Waals surface area contributed by atoms with Crippen LogP contribution in [0.2, 0.25) is 0 Å². The number of hydrogen-bond donors (Lipinski definition) is 2. The average molecular weight is 290 g/mol. The lowest BCUT2D eigenvalue weighted by Crippen LogP contribution is -2.40. The van der Waals surface area contributed by atoms with Crippen molar-refractivity contribution < 1.29 is 22.4 Å². The van der Waals surface area contributed by atoms with E-state index in [-0.39, 0.29) is 25.4 Å². The molecular weight excluding hydrogens is 276 g/mol. The number of hydrogen-bond acceptors (Lipinski definition) is 2. The van der Waals surface area contributed by atoms with E-state index in [1.807, 2.05) is 0 Å². The van der Waals surface area contributed by atoms with Crippen molar-refractivity contribution in [2.24, 2.45) is 0 Å². The van der Waals surface area contributed by atoms with Crippen LogP contribution < -0.4 is 10.6 Å². The fourth-order valence-electron chi connectivity index (χ4n) is 2.02. The zero-order chi connectivity index (χ0) is 14.8. The molecule has 7 heteroatoms. The zero-order valence-corrected chi connectivity index (χ0v) is 10.5. The molecule has 0 bridgehead atoms. The molecule has 1 heterocycles. The Morgan fingerprint density at radius 1 is 1.30 bits per heavy atom. The highest BCUT2D eigenvalue weighted by atomic mass is 19.4. The van der Waals surface area contributed by atoms with Gasteiger partial charge in [0.15, 0.2) is 0 Å². The Hall–Kier alpha value is -1.63. The van der Waals surface area contributed by atoms with Gasteiger partial charge in [0.05, 0.1) is 11.6 Å². The van der Waals surface area contributed by atoms with Gasteiger partial charge in [0.1, 0.15) is 6.17 Å². The Labute approximate surface area is 113 Å². The Morgan fingerprint density at radius 2 is 1.95 bits per heavy atom. The third-order valence-corrected chi connectivity index (χ3v) is 3.14. The summed E-state index contributed by atoms with van der Waals surface area (Å²) in [5.74, 6) is -0.343. The van der Waals surface area contributed by atoms with Crippen molar-refractivity contribution in [2.75, 3.05) is 6.54 Å². The summed E-state index contributed by atoms with van der Waals surface area (Å²) in [5.41, 5.74) is -0.175. The zero-order valence-electron chi connectivity index (χ0n) is 10.5. The molecular formula is C13H14F4N2O. The van der Waals surface area contributed by atoms with Crippen molar-refractivity contribution in [3.63, 3.8) is 0 Å². The Bertz CT molecular complexity index is 472. The number of carbonyl (C=O) groups excluding carboxylic acids is 1. The van der Waals surface area contributed by atoms with Gasteiger partial charge in [-0.15, -0.1) is 0 Å². The summed E-state index contributed by atoms with van der Waals surface area (Å²) < 4.78 is 50.0. The average Bonchev–Trinajstić information content (AvgIpc) is 2.82. The molecule has 1 saturated heterocycles. The quantitative estimate of drug-likeness (QED) is 0.836. The van der Waals surface area contributed by atoms with E-state index >= 15 is 0 Å². The summed E-state index contributed by atoms with van der Waals surface area (Å²) in [6, 6.07) is 3.98. The Morgan fingerprint density at radius 3 is 2.45 bits per heavy atom. The van der Waals surface area contributed by atoms with Gasteiger partial charge < -0.3 is 10.6 Å². The van der Waals surface area contributed by atoms with Gasteiger partial charge in [0.25, 0.3) is 0 Å². The van der Waals surface area contributed by atoms with Gasteiger partial charge in [-0.05, 0) is 17.7 Å². The predicted octanol–water partition coefficient (Wildman–Crippen LogP) is 2.02. The van der Waals surface area contributed by atoms with Crippen LogP contribution in [0, 0.1) is 0 Å². The maximum Gasteiger partial charge on any atom is 0.416 e. The molecule has 1 fully saturated rings. The number of nitrogens with one attached hydrogen (secondary N) is 2. The van der Waals surface area contributed by atoms with Crippen LogP contribution in [0.5, 0.6) is 0 Å². The molecule has 1 aliphatic rings. The molecule has 2 N–H and O–H groups in total. The normalized spacial score (nSPS) is 22.8. The van der Waals surface area contributed by atoms with Crippen LogP contribution in [0.15, 0.2) is 24.3 Å². The van der Waals surface area contributed by atoms with Gasteiger partial charge >= 0.3 is 6.18 Å². The maximum atomic E-state index is 12.9. The van der Waals surface area contributed by atoms with Gasteiger partial charge in [-0.1, -0.05) is 12.1 Å². The summed E-state index contributed by atoms with van der Waals surface area (Å²) in [4.78, 5) is 11.7. The van der Waals surface area contributed by atoms with E-state index in [0.717, 1.165) is 12.1 Å². The number of benzene rings is 1. The van der Waals surface area contributed by atoms with E-state index < -0.39 is 24.0 Å². The summed E-state index contributed by atoms with van der Waals surface area (Å²) in [6.45, 7) is 0.268. The second-order valence-electron chi connectivity index (χ2n) is 4.71. The third-order valence-electron chi connectivity index (χ3n) is 3.14. The van der Waals surface area contributed by atoms with Crippen LogP contribution >= 0.6 is 0 Å². The lowest BCUT2D eigenvalue weighted by molar-refractivity contribution is -0.137. The monoisotopic (exact) mass is 290 g/mol. The van der Waals surface area contributed by atoms with Crippen LogP contribution in [-0.2, 0) is 17.5 Å². The lowest BCUT2D eigenvalue weighted by Gasteiger charge is -2.11. The van der Waals surface area contributed by atoms with Crippen LogP contribution in [0.1, 0.15) is 17.5 Å². The molecule has 1 aliphatic heterocycles. The van der Waals surface area contributed by atoms with Gasteiger partial charge in [0.2, 0.25) is 5.91 Å². The lowest BCUT2D eigenvalue weighted by atomic mass is 10.1. The standard InChI is InChI=1S/C13H14F4N2O/c14-10-5-11(18-7-10)12(20)19-6-8-1-3-9(4-2-8)13(15,16)17/h1-4,10-11,18H,5-7H2,(H,19,20)/t10-,11-/m1/s1. The van der Waals surface area contributed by atoms with Crippen LogP contribution in [0.4, 0.5) is 17.6 Å². The largest absolute Gasteiger partial charge is 0.416 e. The second kappa shape index (κ2) is 5.78. The summed E-state index contributed by atoms with van der Waals surface area (Å²) in [6.07, 6.45) is -5.28. The van der Waals surface area contributed by atoms with E-state index in [9.17, 15) is 22.4 Å². The first-order valence-corrected chi connectivity index (χ1v) is 6.17. The SMILES string of the molecule is O=C(NCc1ccc(C(F)(F)F)cc1)[C@H]1C[C@@H](F)CN1. The molecule has 0 spiro atoms. The van der Waals surface area contributed by atoms with Gasteiger partial charge in [-0.25, -0.2) is 4.39 Å². The van der Waals surface area contributed by atoms with E-state index in [4.69, 9.17) is 0 Å². The van der Waals surface area contributed by atoms with E-state index in [0.29, 0.717) is 5.56 Å². The molecule has 3 nitrogen and oxygen atoms in total. The molecule has 0 radical (unpaired) electrons. The molecule has 20 heavy (non-hydrogen) atoms. The molecule has 2 rings (SSSR count). The van der Waals surface area contributed by atoms with Gasteiger partial charge in [-0.3, -0.25) is 4.79 Å². The fraction of sp³-hybridized carbons (Fsp3) is 0.462. The predicted molar refractivity (Wildman–Crippen MR) is 64.6 cm³/mol. The highest BCUT2D eigenvalue weighted by Gasteiger charge is 2.30. The number of amides is 1. The maximum absolute atomic E-state index is 12.9. The van der Waals surface area contributed by atoms with E-state index in [1.54, 1.807) is 0 Å². The Balaban J connectivity index is 1.86. The highest BCUT2D eigenvalue weighted by molar-refractivity contribution is 5.82. The smallest absolute Gasteiger partial charge is 0.351 e. The molecule has 2 atom stereocenters. The van der Waals surface area contributed by atoms with Crippen molar-refractivity contribution >= 4 is 5.91 Å². The summed E-state index contributed by atoms with van der Waals surface area (Å²) in [7, 11) is 0. The highest BCUT2D eigenvalue weighted by Crippen LogP contribution is 2.29.